The fourth-order valence-corrected chi connectivity index (χ4v) is 4.70. The molecule has 0 bridgehead atoms. The number of amides is 1. The fraction of sp³-hybridized carbons (Fsp3) is 0.550. The predicted molar refractivity (Wildman–Crippen MR) is 115 cm³/mol. The first-order valence-corrected chi connectivity index (χ1v) is 12.1. The van der Waals surface area contributed by atoms with Gasteiger partial charge < -0.3 is 4.74 Å². The Labute approximate surface area is 182 Å². The summed E-state index contributed by atoms with van der Waals surface area (Å²) in [4.78, 5) is 18.7. The van der Waals surface area contributed by atoms with Crippen LogP contribution < -0.4 is 0 Å². The third kappa shape index (κ3) is 4.95. The van der Waals surface area contributed by atoms with Crippen molar-refractivity contribution < 1.29 is 17.9 Å². The van der Waals surface area contributed by atoms with Crippen molar-refractivity contribution in [2.24, 2.45) is 7.05 Å². The highest BCUT2D eigenvalue weighted by molar-refractivity contribution is 7.89. The third-order valence-corrected chi connectivity index (χ3v) is 5.85. The van der Waals surface area contributed by atoms with Crippen LogP contribution in [0.1, 0.15) is 50.6 Å². The van der Waals surface area contributed by atoms with Crippen LogP contribution in [-0.4, -0.2) is 52.6 Å². The largest absolute Gasteiger partial charge is 0.444 e. The van der Waals surface area contributed by atoms with Crippen molar-refractivity contribution in [3.05, 3.63) is 34.1 Å². The molecular formula is C20H27ClN4O4S. The van der Waals surface area contributed by atoms with Gasteiger partial charge in [-0.3, -0.25) is 9.58 Å². The number of carbonyl (C=O) groups excluding carboxylic acids is 1. The van der Waals surface area contributed by atoms with Gasteiger partial charge in [-0.15, -0.1) is 0 Å². The van der Waals surface area contributed by atoms with Gasteiger partial charge in [-0.2, -0.15) is 5.10 Å². The molecule has 0 saturated carbocycles. The summed E-state index contributed by atoms with van der Waals surface area (Å²) in [6.07, 6.45) is 1.39. The molecule has 2 aromatic rings. The number of pyridine rings is 1. The van der Waals surface area contributed by atoms with Crippen LogP contribution >= 0.6 is 11.6 Å². The minimum absolute atomic E-state index is 0.120. The van der Waals surface area contributed by atoms with Crippen LogP contribution in [0.15, 0.2) is 12.1 Å². The Morgan fingerprint density at radius 3 is 2.60 bits per heavy atom. The fourth-order valence-electron chi connectivity index (χ4n) is 3.69. The van der Waals surface area contributed by atoms with Crippen LogP contribution in [0.3, 0.4) is 0 Å². The van der Waals surface area contributed by atoms with Crippen molar-refractivity contribution in [1.29, 1.82) is 0 Å². The number of aromatic nitrogens is 3. The first-order chi connectivity index (χ1) is 13.7. The summed E-state index contributed by atoms with van der Waals surface area (Å²) in [5, 5.41) is 4.86. The molecule has 0 aromatic carbocycles. The first-order valence-electron chi connectivity index (χ1n) is 9.65. The monoisotopic (exact) mass is 454 g/mol. The van der Waals surface area contributed by atoms with Gasteiger partial charge in [0.15, 0.2) is 9.84 Å². The second kappa shape index (κ2) is 7.85. The molecule has 1 aliphatic heterocycles. The molecule has 1 aliphatic rings. The van der Waals surface area contributed by atoms with Crippen molar-refractivity contribution in [2.45, 2.75) is 51.5 Å². The lowest BCUT2D eigenvalue weighted by Crippen LogP contribution is -2.42. The highest BCUT2D eigenvalue weighted by Crippen LogP contribution is 2.36. The molecule has 3 rings (SSSR count). The molecule has 2 aromatic heterocycles. The van der Waals surface area contributed by atoms with E-state index >= 15 is 0 Å². The molecular weight excluding hydrogens is 428 g/mol. The number of aryl methyl sites for hydroxylation is 1. The van der Waals surface area contributed by atoms with E-state index in [1.54, 1.807) is 28.8 Å². The van der Waals surface area contributed by atoms with Gasteiger partial charge in [0.05, 0.1) is 28.9 Å². The second-order valence-corrected chi connectivity index (χ2v) is 11.2. The maximum absolute atomic E-state index is 12.6. The van der Waals surface area contributed by atoms with Crippen molar-refractivity contribution in [1.82, 2.24) is 19.7 Å². The van der Waals surface area contributed by atoms with E-state index in [0.717, 1.165) is 17.0 Å². The van der Waals surface area contributed by atoms with E-state index in [1.165, 1.54) is 6.26 Å². The van der Waals surface area contributed by atoms with E-state index in [1.807, 2.05) is 27.7 Å². The van der Waals surface area contributed by atoms with E-state index in [-0.39, 0.29) is 23.0 Å². The molecule has 30 heavy (non-hydrogen) atoms. The molecule has 8 nitrogen and oxygen atoms in total. The number of sulfone groups is 1. The highest BCUT2D eigenvalue weighted by Gasteiger charge is 2.35. The summed E-state index contributed by atoms with van der Waals surface area (Å²) in [6, 6.07) is 3.02. The summed E-state index contributed by atoms with van der Waals surface area (Å²) in [6.45, 7) is 7.91. The Bertz CT molecular complexity index is 1090. The van der Waals surface area contributed by atoms with Crippen molar-refractivity contribution in [3.63, 3.8) is 0 Å². The molecule has 1 atom stereocenters. The maximum Gasteiger partial charge on any atom is 0.410 e. The number of hydrogen-bond donors (Lipinski definition) is 0. The summed E-state index contributed by atoms with van der Waals surface area (Å²) in [5.41, 5.74) is 3.09. The van der Waals surface area contributed by atoms with Gasteiger partial charge in [0.25, 0.3) is 0 Å². The number of halogens is 1. The van der Waals surface area contributed by atoms with Crippen molar-refractivity contribution in [3.8, 4) is 11.4 Å². The van der Waals surface area contributed by atoms with Crippen LogP contribution in [0, 0.1) is 0 Å². The molecule has 164 valence electrons. The van der Waals surface area contributed by atoms with Crippen LogP contribution in [-0.2, 0) is 33.8 Å². The van der Waals surface area contributed by atoms with Crippen LogP contribution in [0.25, 0.3) is 11.4 Å². The van der Waals surface area contributed by atoms with Crippen molar-refractivity contribution in [2.75, 3.05) is 12.8 Å². The average molecular weight is 455 g/mol. The van der Waals surface area contributed by atoms with E-state index in [0.29, 0.717) is 24.2 Å². The third-order valence-electron chi connectivity index (χ3n) is 4.80. The standard InChI is InChI=1S/C20H27ClN4O4S/c1-12-17-14(7-8-25(12)19(26)29-20(2,3)4)18(24(5)23-17)15-9-13(10-16(21)22-15)11-30(6,27)28/h9-10,12H,7-8,11H2,1-6H3. The van der Waals surface area contributed by atoms with Crippen LogP contribution in [0.2, 0.25) is 5.15 Å². The van der Waals surface area contributed by atoms with Crippen molar-refractivity contribution >= 4 is 27.5 Å². The number of fused-ring (bicyclic) bond motifs is 1. The predicted octanol–water partition coefficient (Wildman–Crippen LogP) is 3.53. The zero-order valence-electron chi connectivity index (χ0n) is 18.1. The molecule has 10 heteroatoms. The molecule has 0 saturated heterocycles. The molecule has 0 radical (unpaired) electrons. The molecule has 0 fully saturated rings. The molecule has 3 heterocycles. The lowest BCUT2D eigenvalue weighted by molar-refractivity contribution is 0.0155. The van der Waals surface area contributed by atoms with Gasteiger partial charge in [-0.1, -0.05) is 11.6 Å². The lowest BCUT2D eigenvalue weighted by atomic mass is 9.97. The number of nitrogens with zero attached hydrogens (tertiary/aromatic N) is 4. The van der Waals surface area contributed by atoms with E-state index in [9.17, 15) is 13.2 Å². The maximum atomic E-state index is 12.6. The normalized spacial score (nSPS) is 17.0. The SMILES string of the molecule is CC1c2nn(C)c(-c3cc(CS(C)(=O)=O)cc(Cl)n3)c2CCN1C(=O)OC(C)(C)C. The quantitative estimate of drug-likeness (QED) is 0.658. The zero-order chi connectivity index (χ0) is 22.4. The Hall–Kier alpha value is -2.13. The van der Waals surface area contributed by atoms with Crippen LogP contribution in [0.4, 0.5) is 4.79 Å². The van der Waals surface area contributed by atoms with Crippen LogP contribution in [0.5, 0.6) is 0 Å². The van der Waals surface area contributed by atoms with Gasteiger partial charge in [0.2, 0.25) is 0 Å². The summed E-state index contributed by atoms with van der Waals surface area (Å²) < 4.78 is 30.7. The Morgan fingerprint density at radius 2 is 2.00 bits per heavy atom. The number of rotatable bonds is 3. The minimum Gasteiger partial charge on any atom is -0.444 e. The van der Waals surface area contributed by atoms with E-state index < -0.39 is 15.4 Å². The smallest absolute Gasteiger partial charge is 0.410 e. The van der Waals surface area contributed by atoms with E-state index in [2.05, 4.69) is 10.1 Å². The minimum atomic E-state index is -3.21. The number of ether oxygens (including phenoxy) is 1. The van der Waals surface area contributed by atoms with Gasteiger partial charge in [0, 0.05) is 25.4 Å². The molecule has 1 unspecified atom stereocenters. The second-order valence-electron chi connectivity index (χ2n) is 8.69. The van der Waals surface area contributed by atoms with Gasteiger partial charge in [-0.05, 0) is 51.8 Å². The topological polar surface area (TPSA) is 94.4 Å². The summed E-state index contributed by atoms with van der Waals surface area (Å²) >= 11 is 6.18. The number of hydrogen-bond acceptors (Lipinski definition) is 6. The Balaban J connectivity index is 1.99. The molecule has 1 amide bonds. The van der Waals surface area contributed by atoms with Gasteiger partial charge >= 0.3 is 6.09 Å². The van der Waals surface area contributed by atoms with Gasteiger partial charge in [-0.25, -0.2) is 18.2 Å². The molecule has 0 aliphatic carbocycles. The molecule has 0 N–H and O–H groups in total. The Kier molecular flexibility index (Phi) is 5.90. The highest BCUT2D eigenvalue weighted by atomic mass is 35.5. The lowest BCUT2D eigenvalue weighted by Gasteiger charge is -2.34. The zero-order valence-corrected chi connectivity index (χ0v) is 19.6. The Morgan fingerprint density at radius 1 is 1.33 bits per heavy atom. The van der Waals surface area contributed by atoms with Gasteiger partial charge in [0.1, 0.15) is 10.8 Å². The molecule has 0 spiro atoms. The summed E-state index contributed by atoms with van der Waals surface area (Å²) in [5.74, 6) is -0.120. The average Bonchev–Trinajstić information content (AvgIpc) is 2.88. The summed E-state index contributed by atoms with van der Waals surface area (Å²) in [7, 11) is -1.41. The van der Waals surface area contributed by atoms with E-state index in [4.69, 9.17) is 16.3 Å². The number of carbonyl (C=O) groups is 1. The first kappa shape index (κ1) is 22.6.